The zero-order valence-electron chi connectivity index (χ0n) is 21.8. The molecule has 0 aliphatic heterocycles. The SMILES string of the molecule is CC[N+](CC)(CC)CC.COc1ccc(COB([O-])OCc2ccc(OC)cc2C)c(C)c1. The molecule has 0 unspecified atom stereocenters. The van der Waals surface area contributed by atoms with E-state index in [1.165, 1.54) is 30.7 Å². The molecule has 0 atom stereocenters. The fraction of sp³-hybridized carbons (Fsp3) is 0.538. The third kappa shape index (κ3) is 9.37. The summed E-state index contributed by atoms with van der Waals surface area (Å²) in [6.45, 7) is 18.5. The number of ether oxygens (including phenoxy) is 2. The molecule has 0 heterocycles. The smallest absolute Gasteiger partial charge is 0.345 e. The second kappa shape index (κ2) is 15.0. The van der Waals surface area contributed by atoms with Crippen LogP contribution in [-0.2, 0) is 22.5 Å². The van der Waals surface area contributed by atoms with Crippen molar-refractivity contribution in [2.45, 2.75) is 54.8 Å². The van der Waals surface area contributed by atoms with Crippen molar-refractivity contribution >= 4 is 7.32 Å². The van der Waals surface area contributed by atoms with Gasteiger partial charge in [-0.1, -0.05) is 12.1 Å². The van der Waals surface area contributed by atoms with Gasteiger partial charge in [-0.3, -0.25) is 0 Å². The molecule has 2 aromatic rings. The standard InChI is InChI=1S/C18H22BO5.C8H20N/c1-13-9-17(21-3)7-5-15(13)11-23-19(20)24-12-16-6-8-18(22-4)10-14(16)2;1-5-9(6-2,7-3)8-4/h5-10H,11-12H2,1-4H3;5-8H2,1-4H3/q-1;+1. The summed E-state index contributed by atoms with van der Waals surface area (Å²) in [6, 6.07) is 11.3. The van der Waals surface area contributed by atoms with Gasteiger partial charge >= 0.3 is 7.32 Å². The van der Waals surface area contributed by atoms with E-state index in [9.17, 15) is 5.02 Å². The maximum Gasteiger partial charge on any atom is 0.345 e. The lowest BCUT2D eigenvalue weighted by molar-refractivity contribution is -0.921. The van der Waals surface area contributed by atoms with E-state index >= 15 is 0 Å². The molecule has 0 amide bonds. The van der Waals surface area contributed by atoms with Gasteiger partial charge in [0.2, 0.25) is 0 Å². The van der Waals surface area contributed by atoms with Crippen molar-refractivity contribution in [2.24, 2.45) is 0 Å². The fourth-order valence-corrected chi connectivity index (χ4v) is 3.62. The topological polar surface area (TPSA) is 60.0 Å². The molecular formula is C26H42BNO5. The van der Waals surface area contributed by atoms with Gasteiger partial charge in [0.25, 0.3) is 0 Å². The van der Waals surface area contributed by atoms with E-state index in [-0.39, 0.29) is 13.2 Å². The van der Waals surface area contributed by atoms with Crippen LogP contribution in [-0.4, -0.2) is 52.2 Å². The van der Waals surface area contributed by atoms with Gasteiger partial charge in [0.1, 0.15) is 11.5 Å². The van der Waals surface area contributed by atoms with Crippen molar-refractivity contribution in [3.8, 4) is 11.5 Å². The van der Waals surface area contributed by atoms with Crippen LogP contribution in [0.2, 0.25) is 0 Å². The summed E-state index contributed by atoms with van der Waals surface area (Å²) < 4.78 is 22.1. The number of rotatable bonds is 12. The first-order valence-corrected chi connectivity index (χ1v) is 11.8. The van der Waals surface area contributed by atoms with E-state index in [0.717, 1.165) is 33.8 Å². The van der Waals surface area contributed by atoms with Gasteiger partial charge in [0, 0.05) is 0 Å². The highest BCUT2D eigenvalue weighted by atomic mass is 16.7. The van der Waals surface area contributed by atoms with E-state index in [1.807, 2.05) is 50.2 Å². The molecule has 0 aliphatic rings. The van der Waals surface area contributed by atoms with Crippen molar-refractivity contribution in [3.05, 3.63) is 58.7 Å². The lowest BCUT2D eigenvalue weighted by Gasteiger charge is -2.34. The molecule has 0 bridgehead atoms. The molecule has 33 heavy (non-hydrogen) atoms. The van der Waals surface area contributed by atoms with Crippen molar-refractivity contribution in [1.82, 2.24) is 0 Å². The molecule has 6 nitrogen and oxygen atoms in total. The van der Waals surface area contributed by atoms with E-state index in [0.29, 0.717) is 0 Å². The van der Waals surface area contributed by atoms with Gasteiger partial charge in [0.05, 0.1) is 53.6 Å². The Labute approximate surface area is 201 Å². The monoisotopic (exact) mass is 459 g/mol. The summed E-state index contributed by atoms with van der Waals surface area (Å²) in [4.78, 5) is 0. The van der Waals surface area contributed by atoms with Crippen LogP contribution in [0.25, 0.3) is 0 Å². The minimum Gasteiger partial charge on any atom is -0.832 e. The predicted octanol–water partition coefficient (Wildman–Crippen LogP) is 4.28. The maximum atomic E-state index is 11.8. The minimum absolute atomic E-state index is 0.200. The Morgan fingerprint density at radius 3 is 1.30 bits per heavy atom. The molecule has 0 saturated heterocycles. The fourth-order valence-electron chi connectivity index (χ4n) is 3.62. The van der Waals surface area contributed by atoms with Crippen LogP contribution >= 0.6 is 0 Å². The minimum atomic E-state index is -1.53. The average Bonchev–Trinajstić information content (AvgIpc) is 2.84. The summed E-state index contributed by atoms with van der Waals surface area (Å²) in [5.74, 6) is 1.56. The molecule has 0 aliphatic carbocycles. The van der Waals surface area contributed by atoms with Crippen LogP contribution < -0.4 is 14.5 Å². The first kappa shape index (κ1) is 29.0. The van der Waals surface area contributed by atoms with E-state index in [2.05, 4.69) is 27.7 Å². The molecule has 184 valence electrons. The molecule has 2 rings (SSSR count). The van der Waals surface area contributed by atoms with Gasteiger partial charge < -0.3 is 28.3 Å². The molecule has 0 saturated carbocycles. The molecule has 0 N–H and O–H groups in total. The highest BCUT2D eigenvalue weighted by Crippen LogP contribution is 2.19. The number of methoxy groups -OCH3 is 2. The highest BCUT2D eigenvalue weighted by molar-refractivity contribution is 6.32. The van der Waals surface area contributed by atoms with Crippen molar-refractivity contribution in [2.75, 3.05) is 40.4 Å². The Morgan fingerprint density at radius 2 is 1.06 bits per heavy atom. The molecule has 7 heteroatoms. The first-order valence-electron chi connectivity index (χ1n) is 11.8. The van der Waals surface area contributed by atoms with E-state index < -0.39 is 7.32 Å². The van der Waals surface area contributed by atoms with Crippen LogP contribution in [0, 0.1) is 13.8 Å². The van der Waals surface area contributed by atoms with Crippen LogP contribution in [0.15, 0.2) is 36.4 Å². The summed E-state index contributed by atoms with van der Waals surface area (Å²) >= 11 is 0. The van der Waals surface area contributed by atoms with Gasteiger partial charge in [-0.05, 0) is 88.1 Å². The number of benzene rings is 2. The lowest BCUT2D eigenvalue weighted by atomic mass is 10.1. The highest BCUT2D eigenvalue weighted by Gasteiger charge is 2.16. The van der Waals surface area contributed by atoms with E-state index in [4.69, 9.17) is 18.8 Å². The quantitative estimate of drug-likeness (QED) is 0.350. The second-order valence-electron chi connectivity index (χ2n) is 8.10. The summed E-state index contributed by atoms with van der Waals surface area (Å²) in [5.41, 5.74) is 3.88. The molecule has 2 aromatic carbocycles. The molecule has 0 fully saturated rings. The van der Waals surface area contributed by atoms with Crippen molar-refractivity contribution < 1.29 is 28.3 Å². The average molecular weight is 459 g/mol. The number of quaternary nitrogens is 1. The zero-order valence-corrected chi connectivity index (χ0v) is 21.8. The summed E-state index contributed by atoms with van der Waals surface area (Å²) in [6.07, 6.45) is 0. The van der Waals surface area contributed by atoms with Gasteiger partial charge in [-0.25, -0.2) is 0 Å². The lowest BCUT2D eigenvalue weighted by Crippen LogP contribution is -2.47. The number of hydrogen-bond acceptors (Lipinski definition) is 5. The van der Waals surface area contributed by atoms with Crippen molar-refractivity contribution in [1.29, 1.82) is 0 Å². The number of aryl methyl sites for hydroxylation is 2. The van der Waals surface area contributed by atoms with Gasteiger partial charge in [-0.15, -0.1) is 0 Å². The van der Waals surface area contributed by atoms with Crippen LogP contribution in [0.1, 0.15) is 49.9 Å². The Hall–Kier alpha value is -2.06. The van der Waals surface area contributed by atoms with Gasteiger partial charge in [0.15, 0.2) is 0 Å². The van der Waals surface area contributed by atoms with Crippen molar-refractivity contribution in [3.63, 3.8) is 0 Å². The third-order valence-corrected chi connectivity index (χ3v) is 6.53. The van der Waals surface area contributed by atoms with Crippen LogP contribution in [0.3, 0.4) is 0 Å². The van der Waals surface area contributed by atoms with Crippen LogP contribution in [0.4, 0.5) is 0 Å². The molecule has 0 radical (unpaired) electrons. The second-order valence-corrected chi connectivity index (χ2v) is 8.10. The number of nitrogens with zero attached hydrogens (tertiary/aromatic N) is 1. The van der Waals surface area contributed by atoms with E-state index in [1.54, 1.807) is 14.2 Å². The normalized spacial score (nSPS) is 10.9. The molecule has 0 spiro atoms. The Morgan fingerprint density at radius 1 is 0.697 bits per heavy atom. The molecule has 0 aromatic heterocycles. The largest absolute Gasteiger partial charge is 0.832 e. The van der Waals surface area contributed by atoms with Gasteiger partial charge in [-0.2, -0.15) is 0 Å². The van der Waals surface area contributed by atoms with Crippen LogP contribution in [0.5, 0.6) is 11.5 Å². The first-order chi connectivity index (χ1) is 15.8. The maximum absolute atomic E-state index is 11.8. The Bertz CT molecular complexity index is 751. The third-order valence-electron chi connectivity index (χ3n) is 6.53. The predicted molar refractivity (Wildman–Crippen MR) is 133 cm³/mol. The Kier molecular flexibility index (Phi) is 13.1. The molecular weight excluding hydrogens is 417 g/mol. The number of hydrogen-bond donors (Lipinski definition) is 0. The summed E-state index contributed by atoms with van der Waals surface area (Å²) in [7, 11) is 1.70. The zero-order chi connectivity index (χ0) is 24.9. The Balaban J connectivity index is 0.000000513. The summed E-state index contributed by atoms with van der Waals surface area (Å²) in [5, 5.41) is 11.8.